The topological polar surface area (TPSA) is 91.1 Å². The molecule has 0 bridgehead atoms. The lowest BCUT2D eigenvalue weighted by Gasteiger charge is -2.43. The molecule has 1 unspecified atom stereocenters. The molecular formula is C29H26N2O6. The number of nitro benzene ring substituents is 1. The van der Waals surface area contributed by atoms with Crippen LogP contribution in [0.1, 0.15) is 46.5 Å². The van der Waals surface area contributed by atoms with E-state index in [0.717, 1.165) is 46.5 Å². The number of ketones is 1. The summed E-state index contributed by atoms with van der Waals surface area (Å²) < 4.78 is 17.2. The van der Waals surface area contributed by atoms with E-state index in [2.05, 4.69) is 17.9 Å². The monoisotopic (exact) mass is 498 g/mol. The second-order valence-corrected chi connectivity index (χ2v) is 9.61. The highest BCUT2D eigenvalue weighted by molar-refractivity contribution is 6.08. The van der Waals surface area contributed by atoms with Crippen LogP contribution in [0.3, 0.4) is 0 Å². The van der Waals surface area contributed by atoms with Gasteiger partial charge in [0.2, 0.25) is 6.79 Å². The Kier molecular flexibility index (Phi) is 5.58. The molecule has 6 rings (SSSR count). The quantitative estimate of drug-likeness (QED) is 0.276. The van der Waals surface area contributed by atoms with Gasteiger partial charge < -0.3 is 14.2 Å². The van der Waals surface area contributed by atoms with E-state index in [9.17, 15) is 14.9 Å². The number of hydrogen-bond donors (Lipinski definition) is 0. The van der Waals surface area contributed by atoms with Gasteiger partial charge in [0, 0.05) is 30.8 Å². The van der Waals surface area contributed by atoms with Gasteiger partial charge >= 0.3 is 0 Å². The molecule has 3 aromatic carbocycles. The minimum absolute atomic E-state index is 0.00414. The maximum Gasteiger partial charge on any atom is 0.269 e. The molecule has 2 heterocycles. The summed E-state index contributed by atoms with van der Waals surface area (Å²) in [7, 11) is 0. The molecule has 0 saturated carbocycles. The van der Waals surface area contributed by atoms with Crippen molar-refractivity contribution in [3.8, 4) is 11.5 Å². The minimum atomic E-state index is -0.565. The molecule has 8 heteroatoms. The van der Waals surface area contributed by atoms with E-state index in [1.54, 1.807) is 19.1 Å². The van der Waals surface area contributed by atoms with Crippen LogP contribution in [-0.4, -0.2) is 48.7 Å². The number of nitro groups is 1. The Balaban J connectivity index is 1.64. The second-order valence-electron chi connectivity index (χ2n) is 9.61. The fourth-order valence-corrected chi connectivity index (χ4v) is 5.75. The average molecular weight is 499 g/mol. The first kappa shape index (κ1) is 23.4. The summed E-state index contributed by atoms with van der Waals surface area (Å²) >= 11 is 0. The lowest BCUT2D eigenvalue weighted by atomic mass is 9.81. The molecule has 1 atom stereocenters. The van der Waals surface area contributed by atoms with Crippen molar-refractivity contribution in [1.29, 1.82) is 0 Å². The molecule has 3 aromatic rings. The van der Waals surface area contributed by atoms with Gasteiger partial charge in [-0.2, -0.15) is 0 Å². The molecule has 188 valence electrons. The predicted molar refractivity (Wildman–Crippen MR) is 138 cm³/mol. The zero-order valence-corrected chi connectivity index (χ0v) is 20.7. The molecule has 1 saturated heterocycles. The van der Waals surface area contributed by atoms with Crippen LogP contribution in [0, 0.1) is 10.1 Å². The van der Waals surface area contributed by atoms with Gasteiger partial charge in [0.05, 0.1) is 23.7 Å². The van der Waals surface area contributed by atoms with E-state index >= 15 is 0 Å². The number of benzene rings is 3. The Morgan fingerprint density at radius 3 is 2.19 bits per heavy atom. The first-order valence-corrected chi connectivity index (χ1v) is 12.3. The Morgan fingerprint density at radius 2 is 1.57 bits per heavy atom. The Labute approximate surface area is 214 Å². The number of nitrogens with zero attached hydrogens (tertiary/aromatic N) is 2. The van der Waals surface area contributed by atoms with Crippen LogP contribution < -0.4 is 9.47 Å². The highest BCUT2D eigenvalue weighted by atomic mass is 16.7. The van der Waals surface area contributed by atoms with Gasteiger partial charge in [-0.25, -0.2) is 0 Å². The van der Waals surface area contributed by atoms with Crippen molar-refractivity contribution in [3.63, 3.8) is 0 Å². The second kappa shape index (κ2) is 8.83. The maximum absolute atomic E-state index is 12.0. The first-order chi connectivity index (χ1) is 17.9. The molecule has 3 aliphatic rings. The number of fused-ring (bicyclic) bond motifs is 2. The van der Waals surface area contributed by atoms with Crippen LogP contribution in [0.5, 0.6) is 11.5 Å². The molecule has 0 amide bonds. The van der Waals surface area contributed by atoms with Gasteiger partial charge in [-0.05, 0) is 71.5 Å². The van der Waals surface area contributed by atoms with Gasteiger partial charge in [-0.1, -0.05) is 24.3 Å². The van der Waals surface area contributed by atoms with Crippen molar-refractivity contribution in [1.82, 2.24) is 4.90 Å². The van der Waals surface area contributed by atoms with Crippen LogP contribution >= 0.6 is 0 Å². The largest absolute Gasteiger partial charge is 0.454 e. The van der Waals surface area contributed by atoms with Gasteiger partial charge in [-0.15, -0.1) is 0 Å². The summed E-state index contributed by atoms with van der Waals surface area (Å²) in [4.78, 5) is 25.4. The Hall–Kier alpha value is -4.01. The summed E-state index contributed by atoms with van der Waals surface area (Å²) in [6.07, 6.45) is 0. The summed E-state index contributed by atoms with van der Waals surface area (Å²) in [6.45, 7) is 6.63. The highest BCUT2D eigenvalue weighted by Gasteiger charge is 2.48. The Bertz CT molecular complexity index is 1440. The summed E-state index contributed by atoms with van der Waals surface area (Å²) in [6, 6.07) is 18.5. The number of non-ortho nitro benzene ring substituents is 1. The molecule has 0 spiro atoms. The molecule has 0 N–H and O–H groups in total. The van der Waals surface area contributed by atoms with Crippen molar-refractivity contribution >= 4 is 22.6 Å². The molecule has 1 aliphatic carbocycles. The lowest BCUT2D eigenvalue weighted by molar-refractivity contribution is -0.384. The van der Waals surface area contributed by atoms with Crippen LogP contribution in [0.2, 0.25) is 0 Å². The van der Waals surface area contributed by atoms with Crippen molar-refractivity contribution in [2.75, 3.05) is 33.1 Å². The minimum Gasteiger partial charge on any atom is -0.454 e. The summed E-state index contributed by atoms with van der Waals surface area (Å²) in [5.74, 6) is 1.39. The predicted octanol–water partition coefficient (Wildman–Crippen LogP) is 5.05. The van der Waals surface area contributed by atoms with E-state index in [4.69, 9.17) is 14.2 Å². The molecular weight excluding hydrogens is 472 g/mol. The third kappa shape index (κ3) is 3.72. The van der Waals surface area contributed by atoms with Crippen molar-refractivity contribution in [2.24, 2.45) is 0 Å². The number of Topliss-reactive ketones (excluding diaryl/α,β-unsaturated/α-hetero) is 1. The third-order valence-electron chi connectivity index (χ3n) is 7.63. The zero-order chi connectivity index (χ0) is 25.7. The molecule has 1 fully saturated rings. The first-order valence-electron chi connectivity index (χ1n) is 12.3. The fraction of sp³-hybridized carbons (Fsp3) is 0.276. The van der Waals surface area contributed by atoms with Gasteiger partial charge in [0.1, 0.15) is 0 Å². The number of ether oxygens (including phenoxy) is 3. The molecule has 0 radical (unpaired) electrons. The SMILES string of the molecule is CC(=O)c1ccc(C2=C(c3ccc([N+](=O)[O-])cc3)C(C)(N3CCOCC3)c3cc4c(cc32)OCO4)cc1. The standard InChI is InChI=1S/C29H26N2O6/c1-18(32)19-3-5-20(6-4-19)27-23-15-25-26(37-17-36-25)16-24(23)29(2,30-11-13-35-14-12-30)28(27)21-7-9-22(10-8-21)31(33)34/h3-10,15-16H,11-14,17H2,1-2H3. The van der Waals surface area contributed by atoms with E-state index < -0.39 is 5.54 Å². The van der Waals surface area contributed by atoms with Crippen molar-refractivity contribution in [3.05, 3.63) is 98.6 Å². The van der Waals surface area contributed by atoms with Crippen LogP contribution in [0.25, 0.3) is 11.1 Å². The number of carbonyl (C=O) groups excluding carboxylic acids is 1. The Morgan fingerprint density at radius 1 is 0.946 bits per heavy atom. The normalized spacial score (nSPS) is 20.7. The average Bonchev–Trinajstić information content (AvgIpc) is 3.48. The number of rotatable bonds is 5. The third-order valence-corrected chi connectivity index (χ3v) is 7.63. The van der Waals surface area contributed by atoms with Gasteiger partial charge in [0.15, 0.2) is 17.3 Å². The van der Waals surface area contributed by atoms with E-state index in [1.165, 1.54) is 0 Å². The summed E-state index contributed by atoms with van der Waals surface area (Å²) in [5, 5.41) is 11.4. The van der Waals surface area contributed by atoms with Crippen LogP contribution in [0.15, 0.2) is 60.7 Å². The van der Waals surface area contributed by atoms with Crippen LogP contribution in [0.4, 0.5) is 5.69 Å². The fourth-order valence-electron chi connectivity index (χ4n) is 5.75. The van der Waals surface area contributed by atoms with Gasteiger partial charge in [0.25, 0.3) is 5.69 Å². The van der Waals surface area contributed by atoms with Crippen molar-refractivity contribution in [2.45, 2.75) is 19.4 Å². The number of morpholine rings is 1. The number of carbonyl (C=O) groups is 1. The van der Waals surface area contributed by atoms with Crippen LogP contribution in [-0.2, 0) is 10.3 Å². The molecule has 0 aromatic heterocycles. The summed E-state index contributed by atoms with van der Waals surface area (Å²) in [5.41, 5.74) is 6.11. The molecule has 2 aliphatic heterocycles. The highest BCUT2D eigenvalue weighted by Crippen LogP contribution is 2.57. The smallest absolute Gasteiger partial charge is 0.269 e. The number of hydrogen-bond acceptors (Lipinski definition) is 7. The van der Waals surface area contributed by atoms with E-state index in [0.29, 0.717) is 30.3 Å². The maximum atomic E-state index is 12.0. The lowest BCUT2D eigenvalue weighted by Crippen LogP contribution is -2.49. The molecule has 37 heavy (non-hydrogen) atoms. The van der Waals surface area contributed by atoms with Gasteiger partial charge in [-0.3, -0.25) is 19.8 Å². The zero-order valence-electron chi connectivity index (χ0n) is 20.7. The van der Waals surface area contributed by atoms with E-state index in [1.807, 2.05) is 42.5 Å². The molecule has 8 nitrogen and oxygen atoms in total. The van der Waals surface area contributed by atoms with Crippen molar-refractivity contribution < 1.29 is 23.9 Å². The van der Waals surface area contributed by atoms with E-state index in [-0.39, 0.29) is 23.2 Å².